The average Bonchev–Trinajstić information content (AvgIpc) is 2.60. The number of hydrogen-bond donors (Lipinski definition) is 2. The lowest BCUT2D eigenvalue weighted by atomic mass is 10.0. The van der Waals surface area contributed by atoms with Crippen molar-refractivity contribution in [2.45, 2.75) is 20.4 Å². The highest BCUT2D eigenvalue weighted by Gasteiger charge is 2.15. The SMILES string of the molecule is Cc1ccc2c(C[NH+](C)CC(=O)Nc3ccc(F)cc3)cc(=O)oc2c1C. The molecule has 0 spiro atoms. The highest BCUT2D eigenvalue weighted by atomic mass is 19.1. The highest BCUT2D eigenvalue weighted by Crippen LogP contribution is 2.22. The summed E-state index contributed by atoms with van der Waals surface area (Å²) in [5.74, 6) is -0.533. The van der Waals surface area contributed by atoms with Crippen LogP contribution in [0.3, 0.4) is 0 Å². The summed E-state index contributed by atoms with van der Waals surface area (Å²) in [7, 11) is 1.88. The van der Waals surface area contributed by atoms with E-state index in [1.807, 2.05) is 33.0 Å². The van der Waals surface area contributed by atoms with Gasteiger partial charge in [0.2, 0.25) is 0 Å². The van der Waals surface area contributed by atoms with E-state index in [1.54, 1.807) is 0 Å². The van der Waals surface area contributed by atoms with Crippen LogP contribution in [0.2, 0.25) is 0 Å². The van der Waals surface area contributed by atoms with E-state index in [1.165, 1.54) is 30.3 Å². The minimum Gasteiger partial charge on any atom is -0.422 e. The van der Waals surface area contributed by atoms with Crippen LogP contribution in [0.1, 0.15) is 16.7 Å². The molecule has 0 saturated carbocycles. The topological polar surface area (TPSA) is 63.8 Å². The number of fused-ring (bicyclic) bond motifs is 1. The van der Waals surface area contributed by atoms with Crippen LogP contribution in [-0.4, -0.2) is 19.5 Å². The van der Waals surface area contributed by atoms with E-state index in [0.29, 0.717) is 17.8 Å². The van der Waals surface area contributed by atoms with E-state index < -0.39 is 5.63 Å². The molecule has 2 N–H and O–H groups in total. The lowest BCUT2D eigenvalue weighted by molar-refractivity contribution is -0.885. The first kappa shape index (κ1) is 18.8. The molecule has 1 heterocycles. The minimum absolute atomic E-state index is 0.182. The second kappa shape index (κ2) is 7.72. The van der Waals surface area contributed by atoms with Crippen molar-refractivity contribution in [2.75, 3.05) is 18.9 Å². The Kier molecular flexibility index (Phi) is 5.37. The lowest BCUT2D eigenvalue weighted by Gasteiger charge is -2.15. The van der Waals surface area contributed by atoms with Gasteiger partial charge in [0.15, 0.2) is 6.54 Å². The molecule has 0 fully saturated rings. The molecule has 5 nitrogen and oxygen atoms in total. The van der Waals surface area contributed by atoms with E-state index in [-0.39, 0.29) is 18.3 Å². The Hall–Kier alpha value is -2.99. The number of anilines is 1. The molecule has 1 atom stereocenters. The van der Waals surface area contributed by atoms with Gasteiger partial charge in [-0.25, -0.2) is 9.18 Å². The second-order valence-electron chi connectivity index (χ2n) is 6.84. The van der Waals surface area contributed by atoms with Gasteiger partial charge >= 0.3 is 5.63 Å². The van der Waals surface area contributed by atoms with Crippen molar-refractivity contribution in [1.82, 2.24) is 0 Å². The number of amides is 1. The Balaban J connectivity index is 1.75. The molecule has 3 rings (SSSR count). The molecular formula is C21H22FN2O3+. The van der Waals surface area contributed by atoms with Crippen LogP contribution in [-0.2, 0) is 11.3 Å². The fourth-order valence-electron chi connectivity index (χ4n) is 3.07. The van der Waals surface area contributed by atoms with E-state index in [0.717, 1.165) is 27.0 Å². The normalized spacial score (nSPS) is 12.1. The maximum Gasteiger partial charge on any atom is 0.336 e. The number of quaternary nitrogens is 1. The number of benzene rings is 2. The quantitative estimate of drug-likeness (QED) is 0.678. The molecule has 0 radical (unpaired) electrons. The average molecular weight is 369 g/mol. The summed E-state index contributed by atoms with van der Waals surface area (Å²) in [5.41, 5.74) is 3.60. The number of likely N-dealkylation sites (N-methyl/N-ethyl adjacent to an activating group) is 1. The molecule has 0 saturated heterocycles. The smallest absolute Gasteiger partial charge is 0.336 e. The molecule has 140 valence electrons. The Morgan fingerprint density at radius 2 is 1.85 bits per heavy atom. The van der Waals surface area contributed by atoms with Crippen molar-refractivity contribution in [3.8, 4) is 0 Å². The van der Waals surface area contributed by atoms with E-state index in [4.69, 9.17) is 4.42 Å². The predicted molar refractivity (Wildman–Crippen MR) is 102 cm³/mol. The summed E-state index contributed by atoms with van der Waals surface area (Å²) >= 11 is 0. The molecule has 1 amide bonds. The third-order valence-electron chi connectivity index (χ3n) is 4.60. The van der Waals surface area contributed by atoms with Crippen LogP contribution in [0.5, 0.6) is 0 Å². The number of rotatable bonds is 5. The first-order chi connectivity index (χ1) is 12.8. The zero-order valence-corrected chi connectivity index (χ0v) is 15.6. The first-order valence-corrected chi connectivity index (χ1v) is 8.73. The van der Waals surface area contributed by atoms with Gasteiger partial charge in [-0.15, -0.1) is 0 Å². The predicted octanol–water partition coefficient (Wildman–Crippen LogP) is 2.20. The van der Waals surface area contributed by atoms with Gasteiger partial charge in [0.1, 0.15) is 17.9 Å². The Bertz CT molecular complexity index is 1040. The van der Waals surface area contributed by atoms with Gasteiger partial charge in [-0.05, 0) is 49.2 Å². The van der Waals surface area contributed by atoms with Crippen molar-refractivity contribution in [2.24, 2.45) is 0 Å². The minimum atomic E-state index is -0.394. The lowest BCUT2D eigenvalue weighted by Crippen LogP contribution is -3.08. The van der Waals surface area contributed by atoms with Crippen molar-refractivity contribution < 1.29 is 18.5 Å². The van der Waals surface area contributed by atoms with E-state index in [2.05, 4.69) is 5.32 Å². The van der Waals surface area contributed by atoms with Crippen LogP contribution in [0, 0.1) is 19.7 Å². The monoisotopic (exact) mass is 369 g/mol. The van der Waals surface area contributed by atoms with Crippen LogP contribution in [0.15, 0.2) is 51.7 Å². The maximum absolute atomic E-state index is 12.9. The van der Waals surface area contributed by atoms with Crippen molar-refractivity contribution >= 4 is 22.6 Å². The van der Waals surface area contributed by atoms with Gasteiger partial charge in [0.25, 0.3) is 5.91 Å². The van der Waals surface area contributed by atoms with Gasteiger partial charge in [-0.2, -0.15) is 0 Å². The van der Waals surface area contributed by atoms with Gasteiger partial charge in [0.05, 0.1) is 7.05 Å². The summed E-state index contributed by atoms with van der Waals surface area (Å²) in [5, 5.41) is 3.63. The van der Waals surface area contributed by atoms with Crippen LogP contribution in [0.25, 0.3) is 11.0 Å². The number of hydrogen-bond acceptors (Lipinski definition) is 3. The summed E-state index contributed by atoms with van der Waals surface area (Å²) < 4.78 is 18.3. The van der Waals surface area contributed by atoms with Crippen molar-refractivity contribution in [1.29, 1.82) is 0 Å². The van der Waals surface area contributed by atoms with E-state index >= 15 is 0 Å². The zero-order valence-electron chi connectivity index (χ0n) is 15.6. The Morgan fingerprint density at radius 1 is 1.15 bits per heavy atom. The fourth-order valence-corrected chi connectivity index (χ4v) is 3.07. The van der Waals surface area contributed by atoms with Crippen molar-refractivity contribution in [3.63, 3.8) is 0 Å². The standard InChI is InChI=1S/C21H21FN2O3/c1-13-4-9-18-15(10-20(26)27-21(18)14(13)2)11-24(3)12-19(25)23-17-7-5-16(22)6-8-17/h4-10H,11-12H2,1-3H3,(H,23,25)/p+1. The molecule has 6 heteroatoms. The van der Waals surface area contributed by atoms with Gasteiger partial charge in [-0.1, -0.05) is 12.1 Å². The first-order valence-electron chi connectivity index (χ1n) is 8.73. The molecule has 0 bridgehead atoms. The Labute approximate surface area is 156 Å². The van der Waals surface area contributed by atoms with E-state index in [9.17, 15) is 14.0 Å². The molecule has 1 aromatic heterocycles. The Morgan fingerprint density at radius 3 is 2.56 bits per heavy atom. The number of aryl methyl sites for hydroxylation is 2. The van der Waals surface area contributed by atoms with Gasteiger partial charge in [0, 0.05) is 22.7 Å². The number of carbonyl (C=O) groups is 1. The molecule has 0 aliphatic carbocycles. The molecule has 3 aromatic rings. The largest absolute Gasteiger partial charge is 0.422 e. The van der Waals surface area contributed by atoms with Crippen molar-refractivity contribution in [3.05, 3.63) is 75.4 Å². The molecular weight excluding hydrogens is 347 g/mol. The molecule has 1 unspecified atom stereocenters. The third-order valence-corrected chi connectivity index (χ3v) is 4.60. The summed E-state index contributed by atoms with van der Waals surface area (Å²) in [6, 6.07) is 11.1. The van der Waals surface area contributed by atoms with Crippen LogP contribution >= 0.6 is 0 Å². The highest BCUT2D eigenvalue weighted by molar-refractivity contribution is 5.91. The summed E-state index contributed by atoms with van der Waals surface area (Å²) in [6.07, 6.45) is 0. The van der Waals surface area contributed by atoms with Crippen LogP contribution < -0.4 is 15.8 Å². The number of carbonyl (C=O) groups excluding carboxylic acids is 1. The number of halogens is 1. The zero-order chi connectivity index (χ0) is 19.6. The van der Waals surface area contributed by atoms with Gasteiger partial charge in [-0.3, -0.25) is 4.79 Å². The third kappa shape index (κ3) is 4.41. The van der Waals surface area contributed by atoms with Gasteiger partial charge < -0.3 is 14.6 Å². The molecule has 0 aliphatic heterocycles. The second-order valence-corrected chi connectivity index (χ2v) is 6.84. The summed E-state index contributed by atoms with van der Waals surface area (Å²) in [6.45, 7) is 4.61. The maximum atomic E-state index is 12.9. The molecule has 0 aliphatic rings. The number of nitrogens with one attached hydrogen (secondary N) is 2. The molecule has 2 aromatic carbocycles. The summed E-state index contributed by atoms with van der Waals surface area (Å²) in [4.78, 5) is 25.1. The fraction of sp³-hybridized carbons (Fsp3) is 0.238. The molecule has 27 heavy (non-hydrogen) atoms. The van der Waals surface area contributed by atoms with Crippen LogP contribution in [0.4, 0.5) is 10.1 Å².